The molecule has 1 N–H and O–H groups in total. The van der Waals surface area contributed by atoms with Crippen LogP contribution in [0.3, 0.4) is 0 Å². The molecule has 0 atom stereocenters. The molecule has 1 aromatic carbocycles. The lowest BCUT2D eigenvalue weighted by atomic mass is 10.1. The first kappa shape index (κ1) is 21.5. The van der Waals surface area contributed by atoms with E-state index in [1.165, 1.54) is 27.8 Å². The average Bonchev–Trinajstić information content (AvgIpc) is 3.17. The van der Waals surface area contributed by atoms with Crippen LogP contribution in [0.1, 0.15) is 36.7 Å². The minimum atomic E-state index is -3.53. The lowest BCUT2D eigenvalue weighted by Gasteiger charge is -2.18. The highest BCUT2D eigenvalue weighted by molar-refractivity contribution is 7.99. The summed E-state index contributed by atoms with van der Waals surface area (Å²) in [5.74, 6) is 0.245. The summed E-state index contributed by atoms with van der Waals surface area (Å²) in [4.78, 5) is 20.3. The van der Waals surface area contributed by atoms with E-state index in [1.807, 2.05) is 12.1 Å². The summed E-state index contributed by atoms with van der Waals surface area (Å²) in [6.07, 6.45) is 4.02. The minimum absolute atomic E-state index is 0.0103. The van der Waals surface area contributed by atoms with Crippen LogP contribution in [0.15, 0.2) is 52.6 Å². The number of sulfonamides is 1. The highest BCUT2D eigenvalue weighted by Gasteiger charge is 2.22. The third kappa shape index (κ3) is 4.39. The van der Waals surface area contributed by atoms with Crippen molar-refractivity contribution in [2.24, 2.45) is 0 Å². The number of carbonyl (C=O) groups is 1. The molecule has 29 heavy (non-hydrogen) atoms. The molecule has 0 saturated carbocycles. The van der Waals surface area contributed by atoms with Crippen LogP contribution >= 0.6 is 11.8 Å². The maximum atomic E-state index is 12.7. The van der Waals surface area contributed by atoms with E-state index in [-0.39, 0.29) is 16.4 Å². The Hall–Kier alpha value is -2.16. The first-order valence-electron chi connectivity index (χ1n) is 9.63. The number of H-pyrrole nitrogens is 1. The Morgan fingerprint density at radius 2 is 1.90 bits per heavy atom. The standard InChI is InChI=1S/C21H25N3O3S2/c1-4-15-8-7-9-17-18(13-23-21(15)17)19(25)14-28-20-11-10-16(12-22-20)29(26,27)24(5-2)6-3/h7-13,23H,4-6,14H2,1-3H3. The third-order valence-corrected chi connectivity index (χ3v) is 7.86. The van der Waals surface area contributed by atoms with Gasteiger partial charge in [0, 0.05) is 41.9 Å². The molecule has 0 radical (unpaired) electrons. The smallest absolute Gasteiger partial charge is 0.244 e. The quantitative estimate of drug-likeness (QED) is 0.407. The average molecular weight is 432 g/mol. The zero-order chi connectivity index (χ0) is 21.0. The van der Waals surface area contributed by atoms with Crippen molar-refractivity contribution in [3.8, 4) is 0 Å². The predicted molar refractivity (Wildman–Crippen MR) is 117 cm³/mol. The first-order chi connectivity index (χ1) is 13.9. The number of para-hydroxylation sites is 1. The molecule has 0 bridgehead atoms. The number of aromatic nitrogens is 2. The molecule has 3 aromatic rings. The number of hydrogen-bond acceptors (Lipinski definition) is 5. The Balaban J connectivity index is 1.72. The summed E-state index contributed by atoms with van der Waals surface area (Å²) < 4.78 is 26.4. The Kier molecular flexibility index (Phi) is 6.77. The Labute approximate surface area is 175 Å². The van der Waals surface area contributed by atoms with Crippen molar-refractivity contribution in [2.45, 2.75) is 37.1 Å². The van der Waals surface area contributed by atoms with Gasteiger partial charge in [0.1, 0.15) is 4.90 Å². The molecule has 0 fully saturated rings. The van der Waals surface area contributed by atoms with Gasteiger partial charge >= 0.3 is 0 Å². The van der Waals surface area contributed by atoms with E-state index in [2.05, 4.69) is 23.0 Å². The number of fused-ring (bicyclic) bond motifs is 1. The number of pyridine rings is 1. The maximum Gasteiger partial charge on any atom is 0.244 e. The highest BCUT2D eigenvalue weighted by atomic mass is 32.2. The molecule has 0 aliphatic carbocycles. The van der Waals surface area contributed by atoms with E-state index >= 15 is 0 Å². The van der Waals surface area contributed by atoms with Crippen LogP contribution in [0.25, 0.3) is 10.9 Å². The van der Waals surface area contributed by atoms with Crippen molar-refractivity contribution in [3.05, 3.63) is 53.9 Å². The van der Waals surface area contributed by atoms with E-state index in [4.69, 9.17) is 0 Å². The molecular weight excluding hydrogens is 406 g/mol. The normalized spacial score (nSPS) is 12.0. The van der Waals surface area contributed by atoms with Gasteiger partial charge in [-0.25, -0.2) is 13.4 Å². The van der Waals surface area contributed by atoms with Gasteiger partial charge in [-0.05, 0) is 24.1 Å². The van der Waals surface area contributed by atoms with Gasteiger partial charge < -0.3 is 4.98 Å². The molecule has 0 aliphatic heterocycles. The third-order valence-electron chi connectivity index (χ3n) is 4.89. The van der Waals surface area contributed by atoms with Crippen molar-refractivity contribution in [1.29, 1.82) is 0 Å². The SMILES string of the molecule is CCc1cccc2c(C(=O)CSc3ccc(S(=O)(=O)N(CC)CC)cn3)c[nH]c12. The second-order valence-electron chi connectivity index (χ2n) is 6.53. The number of nitrogens with zero attached hydrogens (tertiary/aromatic N) is 2. The van der Waals surface area contributed by atoms with Crippen LogP contribution in [0.5, 0.6) is 0 Å². The summed E-state index contributed by atoms with van der Waals surface area (Å²) in [7, 11) is -3.53. The fraction of sp³-hybridized carbons (Fsp3) is 0.333. The number of Topliss-reactive ketones (excluding diaryl/α,β-unsaturated/α-hetero) is 1. The largest absolute Gasteiger partial charge is 0.360 e. The Morgan fingerprint density at radius 1 is 1.14 bits per heavy atom. The maximum absolute atomic E-state index is 12.7. The molecular formula is C21H25N3O3S2. The van der Waals surface area contributed by atoms with Gasteiger partial charge in [-0.2, -0.15) is 4.31 Å². The summed E-state index contributed by atoms with van der Waals surface area (Å²) in [6.45, 7) is 6.52. The van der Waals surface area contributed by atoms with Crippen molar-refractivity contribution in [2.75, 3.05) is 18.8 Å². The van der Waals surface area contributed by atoms with Crippen molar-refractivity contribution in [1.82, 2.24) is 14.3 Å². The number of aromatic amines is 1. The number of nitrogens with one attached hydrogen (secondary N) is 1. The molecule has 154 valence electrons. The van der Waals surface area contributed by atoms with Crippen LogP contribution in [0.4, 0.5) is 0 Å². The number of rotatable bonds is 9. The van der Waals surface area contributed by atoms with E-state index < -0.39 is 10.0 Å². The van der Waals surface area contributed by atoms with E-state index in [0.29, 0.717) is 23.7 Å². The lowest BCUT2D eigenvalue weighted by molar-refractivity contribution is 0.102. The summed E-state index contributed by atoms with van der Waals surface area (Å²) in [6, 6.07) is 9.18. The second kappa shape index (κ2) is 9.11. The van der Waals surface area contributed by atoms with Crippen LogP contribution in [-0.4, -0.2) is 47.3 Å². The number of benzene rings is 1. The van der Waals surface area contributed by atoms with Crippen molar-refractivity contribution < 1.29 is 13.2 Å². The molecule has 2 heterocycles. The zero-order valence-corrected chi connectivity index (χ0v) is 18.4. The first-order valence-corrected chi connectivity index (χ1v) is 12.1. The number of aryl methyl sites for hydroxylation is 1. The fourth-order valence-corrected chi connectivity index (χ4v) is 5.41. The topological polar surface area (TPSA) is 83.1 Å². The number of carbonyl (C=O) groups excluding carboxylic acids is 1. The van der Waals surface area contributed by atoms with Gasteiger partial charge in [0.05, 0.1) is 10.8 Å². The van der Waals surface area contributed by atoms with Crippen molar-refractivity contribution >= 4 is 38.5 Å². The van der Waals surface area contributed by atoms with Gasteiger partial charge in [-0.3, -0.25) is 4.79 Å². The van der Waals surface area contributed by atoms with Crippen LogP contribution < -0.4 is 0 Å². The van der Waals surface area contributed by atoms with E-state index in [0.717, 1.165) is 17.3 Å². The second-order valence-corrected chi connectivity index (χ2v) is 9.46. The molecule has 2 aromatic heterocycles. The highest BCUT2D eigenvalue weighted by Crippen LogP contribution is 2.25. The van der Waals surface area contributed by atoms with Gasteiger partial charge in [-0.15, -0.1) is 0 Å². The van der Waals surface area contributed by atoms with Crippen LogP contribution in [0.2, 0.25) is 0 Å². The predicted octanol–water partition coefficient (Wildman–Crippen LogP) is 4.13. The van der Waals surface area contributed by atoms with Gasteiger partial charge in [0.25, 0.3) is 0 Å². The number of ketones is 1. The molecule has 0 saturated heterocycles. The van der Waals surface area contributed by atoms with Gasteiger partial charge in [0.2, 0.25) is 10.0 Å². The molecule has 0 unspecified atom stereocenters. The van der Waals surface area contributed by atoms with Crippen molar-refractivity contribution in [3.63, 3.8) is 0 Å². The molecule has 0 spiro atoms. The van der Waals surface area contributed by atoms with E-state index in [1.54, 1.807) is 32.2 Å². The minimum Gasteiger partial charge on any atom is -0.360 e. The summed E-state index contributed by atoms with van der Waals surface area (Å²) in [5.41, 5.74) is 2.86. The zero-order valence-electron chi connectivity index (χ0n) is 16.8. The molecule has 8 heteroatoms. The molecule has 6 nitrogen and oxygen atoms in total. The molecule has 0 amide bonds. The van der Waals surface area contributed by atoms with Gasteiger partial charge in [0.15, 0.2) is 5.78 Å². The molecule has 3 rings (SSSR count). The monoisotopic (exact) mass is 431 g/mol. The Morgan fingerprint density at radius 3 is 2.52 bits per heavy atom. The Bertz CT molecular complexity index is 1100. The summed E-state index contributed by atoms with van der Waals surface area (Å²) in [5, 5.41) is 1.55. The van der Waals surface area contributed by atoms with Gasteiger partial charge in [-0.1, -0.05) is 50.7 Å². The van der Waals surface area contributed by atoms with E-state index in [9.17, 15) is 13.2 Å². The lowest BCUT2D eigenvalue weighted by Crippen LogP contribution is -2.30. The van der Waals surface area contributed by atoms with Crippen LogP contribution in [-0.2, 0) is 16.4 Å². The summed E-state index contributed by atoms with van der Waals surface area (Å²) >= 11 is 1.30. The number of hydrogen-bond donors (Lipinski definition) is 1. The van der Waals surface area contributed by atoms with Crippen LogP contribution in [0, 0.1) is 0 Å². The number of thioether (sulfide) groups is 1. The molecule has 0 aliphatic rings. The fourth-order valence-electron chi connectivity index (χ4n) is 3.28.